The summed E-state index contributed by atoms with van der Waals surface area (Å²) in [5.41, 5.74) is 3.39. The molecule has 100 valence electrons. The molecule has 0 spiro atoms. The van der Waals surface area contributed by atoms with Gasteiger partial charge in [0.15, 0.2) is 0 Å². The molecule has 0 aliphatic heterocycles. The summed E-state index contributed by atoms with van der Waals surface area (Å²) in [5.74, 6) is 5.98. The van der Waals surface area contributed by atoms with Gasteiger partial charge in [-0.3, -0.25) is 16.3 Å². The molecule has 0 aromatic carbocycles. The number of nitrogens with zero attached hydrogens (tertiary/aromatic N) is 1. The Balaban J connectivity index is 2.02. The fraction of sp³-hybridized carbons (Fsp3) is 0.643. The Hall–Kier alpha value is -1.00. The monoisotopic (exact) mass is 251 g/mol. The smallest absolute Gasteiger partial charge is 0.146 e. The van der Waals surface area contributed by atoms with Gasteiger partial charge >= 0.3 is 0 Å². The van der Waals surface area contributed by atoms with E-state index in [2.05, 4.69) is 10.4 Å². The van der Waals surface area contributed by atoms with E-state index in [1.165, 1.54) is 44.7 Å². The first-order valence-corrected chi connectivity index (χ1v) is 6.87. The highest BCUT2D eigenvalue weighted by Crippen LogP contribution is 2.31. The normalized spacial score (nSPS) is 19.4. The Morgan fingerprint density at radius 1 is 1.33 bits per heavy atom. The Labute approximate surface area is 108 Å². The van der Waals surface area contributed by atoms with Crippen molar-refractivity contribution < 1.29 is 4.39 Å². The highest BCUT2D eigenvalue weighted by atomic mass is 19.1. The molecule has 0 amide bonds. The average molecular weight is 251 g/mol. The van der Waals surface area contributed by atoms with E-state index in [1.807, 2.05) is 0 Å². The topological polar surface area (TPSA) is 50.9 Å². The zero-order valence-electron chi connectivity index (χ0n) is 10.7. The molecule has 1 saturated carbocycles. The fourth-order valence-corrected chi connectivity index (χ4v) is 2.89. The molecule has 1 atom stereocenters. The number of nitrogens with one attached hydrogen (secondary N) is 1. The molecule has 18 heavy (non-hydrogen) atoms. The van der Waals surface area contributed by atoms with Crippen molar-refractivity contribution in [1.82, 2.24) is 10.4 Å². The van der Waals surface area contributed by atoms with Crippen LogP contribution < -0.4 is 11.3 Å². The summed E-state index contributed by atoms with van der Waals surface area (Å²) in [6.07, 6.45) is 11.5. The van der Waals surface area contributed by atoms with Crippen molar-refractivity contribution in [2.24, 2.45) is 11.8 Å². The maximum absolute atomic E-state index is 13.7. The van der Waals surface area contributed by atoms with Crippen molar-refractivity contribution >= 4 is 0 Å². The van der Waals surface area contributed by atoms with Gasteiger partial charge in [0.25, 0.3) is 0 Å². The van der Waals surface area contributed by atoms with Gasteiger partial charge in [-0.1, -0.05) is 38.5 Å². The van der Waals surface area contributed by atoms with Gasteiger partial charge < -0.3 is 0 Å². The third kappa shape index (κ3) is 3.50. The minimum absolute atomic E-state index is 0.101. The number of pyridine rings is 1. The Morgan fingerprint density at radius 2 is 2.06 bits per heavy atom. The van der Waals surface area contributed by atoms with Crippen molar-refractivity contribution in [3.63, 3.8) is 0 Å². The lowest BCUT2D eigenvalue weighted by molar-refractivity contribution is 0.352. The maximum atomic E-state index is 13.7. The van der Waals surface area contributed by atoms with Crippen LogP contribution in [0.15, 0.2) is 18.5 Å². The molecule has 0 saturated heterocycles. The van der Waals surface area contributed by atoms with Crippen molar-refractivity contribution in [3.05, 3.63) is 29.8 Å². The average Bonchev–Trinajstić information content (AvgIpc) is 2.65. The molecule has 1 aliphatic carbocycles. The highest BCUT2D eigenvalue weighted by molar-refractivity contribution is 5.17. The van der Waals surface area contributed by atoms with Crippen molar-refractivity contribution in [2.75, 3.05) is 0 Å². The molecule has 1 unspecified atom stereocenters. The summed E-state index contributed by atoms with van der Waals surface area (Å²) in [6.45, 7) is 0. The Kier molecular flexibility index (Phi) is 5.08. The van der Waals surface area contributed by atoms with Crippen molar-refractivity contribution in [2.45, 2.75) is 51.0 Å². The molecule has 3 nitrogen and oxygen atoms in total. The lowest BCUT2D eigenvalue weighted by Gasteiger charge is -2.22. The zero-order chi connectivity index (χ0) is 12.8. The summed E-state index contributed by atoms with van der Waals surface area (Å²) in [5, 5.41) is 0. The van der Waals surface area contributed by atoms with Crippen molar-refractivity contribution in [3.8, 4) is 0 Å². The van der Waals surface area contributed by atoms with Gasteiger partial charge in [0.2, 0.25) is 0 Å². The molecule has 3 N–H and O–H groups in total. The quantitative estimate of drug-likeness (QED) is 0.491. The van der Waals surface area contributed by atoms with Gasteiger partial charge in [0.05, 0.1) is 6.20 Å². The first-order chi connectivity index (χ1) is 8.81. The lowest BCUT2D eigenvalue weighted by Crippen LogP contribution is -2.30. The summed E-state index contributed by atoms with van der Waals surface area (Å²) >= 11 is 0. The van der Waals surface area contributed by atoms with Gasteiger partial charge in [0, 0.05) is 17.8 Å². The summed E-state index contributed by atoms with van der Waals surface area (Å²) in [4.78, 5) is 3.78. The van der Waals surface area contributed by atoms with Gasteiger partial charge in [-0.25, -0.2) is 4.39 Å². The van der Waals surface area contributed by atoms with Crippen LogP contribution >= 0.6 is 0 Å². The van der Waals surface area contributed by atoms with E-state index in [9.17, 15) is 4.39 Å². The zero-order valence-corrected chi connectivity index (χ0v) is 10.7. The number of nitrogens with two attached hydrogens (primary N) is 1. The summed E-state index contributed by atoms with van der Waals surface area (Å²) in [6, 6.07) is 1.62. The van der Waals surface area contributed by atoms with E-state index in [0.717, 1.165) is 6.42 Å². The minimum atomic E-state index is -0.269. The maximum Gasteiger partial charge on any atom is 0.146 e. The molecular formula is C14H22FN3. The number of hydrogen-bond acceptors (Lipinski definition) is 3. The van der Waals surface area contributed by atoms with Gasteiger partial charge in [0.1, 0.15) is 5.82 Å². The largest absolute Gasteiger partial charge is 0.271 e. The molecule has 0 bridgehead atoms. The molecule has 1 aromatic heterocycles. The van der Waals surface area contributed by atoms with Crippen LogP contribution in [0.5, 0.6) is 0 Å². The van der Waals surface area contributed by atoms with Crippen molar-refractivity contribution in [1.29, 1.82) is 0 Å². The van der Waals surface area contributed by atoms with Crippen LogP contribution in [0.1, 0.15) is 56.6 Å². The predicted octanol–water partition coefficient (Wildman–Crippen LogP) is 3.09. The molecule has 0 radical (unpaired) electrons. The van der Waals surface area contributed by atoms with E-state index < -0.39 is 0 Å². The third-order valence-electron chi connectivity index (χ3n) is 3.92. The number of hydrogen-bond donors (Lipinski definition) is 2. The van der Waals surface area contributed by atoms with Crippen LogP contribution in [0.2, 0.25) is 0 Å². The second-order valence-corrected chi connectivity index (χ2v) is 5.21. The molecule has 4 heteroatoms. The number of aromatic nitrogens is 1. The highest BCUT2D eigenvalue weighted by Gasteiger charge is 2.20. The first kappa shape index (κ1) is 13.4. The van der Waals surface area contributed by atoms with Crippen LogP contribution in [0.4, 0.5) is 4.39 Å². The standard InChI is InChI=1S/C14H22FN3/c15-13-10-17-8-7-12(13)14(18-16)9-11-5-3-1-2-4-6-11/h7-8,10-11,14,18H,1-6,9,16H2. The Bertz CT molecular complexity index is 362. The van der Waals surface area contributed by atoms with E-state index in [1.54, 1.807) is 12.3 Å². The second-order valence-electron chi connectivity index (χ2n) is 5.21. The van der Waals surface area contributed by atoms with Crippen LogP contribution in [0.3, 0.4) is 0 Å². The third-order valence-corrected chi connectivity index (χ3v) is 3.92. The minimum Gasteiger partial charge on any atom is -0.271 e. The molecule has 1 aromatic rings. The Morgan fingerprint density at radius 3 is 2.67 bits per heavy atom. The van der Waals surface area contributed by atoms with Crippen LogP contribution in [0, 0.1) is 11.7 Å². The van der Waals surface area contributed by atoms with Crippen LogP contribution in [-0.2, 0) is 0 Å². The summed E-state index contributed by atoms with van der Waals surface area (Å²) in [7, 11) is 0. The van der Waals surface area contributed by atoms with Gasteiger partial charge in [-0.15, -0.1) is 0 Å². The fourth-order valence-electron chi connectivity index (χ4n) is 2.89. The van der Waals surface area contributed by atoms with E-state index >= 15 is 0 Å². The number of rotatable bonds is 4. The van der Waals surface area contributed by atoms with Gasteiger partial charge in [-0.05, 0) is 18.4 Å². The molecule has 2 rings (SSSR count). The van der Waals surface area contributed by atoms with Crippen LogP contribution in [-0.4, -0.2) is 4.98 Å². The molecular weight excluding hydrogens is 229 g/mol. The van der Waals surface area contributed by atoms with Gasteiger partial charge in [-0.2, -0.15) is 0 Å². The van der Waals surface area contributed by atoms with E-state index in [-0.39, 0.29) is 11.9 Å². The number of halogens is 1. The SMILES string of the molecule is NNC(CC1CCCCCC1)c1ccncc1F. The molecule has 1 fully saturated rings. The van der Waals surface area contributed by atoms with E-state index in [4.69, 9.17) is 5.84 Å². The molecule has 1 heterocycles. The molecule has 1 aliphatic rings. The second kappa shape index (κ2) is 6.81. The summed E-state index contributed by atoms with van der Waals surface area (Å²) < 4.78 is 13.7. The predicted molar refractivity (Wildman–Crippen MR) is 70.1 cm³/mol. The first-order valence-electron chi connectivity index (χ1n) is 6.87. The van der Waals surface area contributed by atoms with Crippen LogP contribution in [0.25, 0.3) is 0 Å². The van der Waals surface area contributed by atoms with E-state index in [0.29, 0.717) is 11.5 Å². The number of hydrazine groups is 1. The lowest BCUT2D eigenvalue weighted by atomic mass is 9.90.